The number of hydrazine groups is 1. The smallest absolute Gasteiger partial charge is 0.301 e. The first kappa shape index (κ1) is 14.8. The number of hydrogen-bond acceptors (Lipinski definition) is 5. The highest BCUT2D eigenvalue weighted by molar-refractivity contribution is 5.95. The van der Waals surface area contributed by atoms with Crippen molar-refractivity contribution >= 4 is 11.7 Å². The van der Waals surface area contributed by atoms with E-state index in [1.54, 1.807) is 30.3 Å². The number of Topliss-reactive ketones (excluding diaryl/α,β-unsaturated/α-hetero) is 1. The molecule has 3 N–H and O–H groups in total. The van der Waals surface area contributed by atoms with Gasteiger partial charge in [0.25, 0.3) is 0 Å². The third kappa shape index (κ3) is 3.49. The van der Waals surface area contributed by atoms with Gasteiger partial charge in [0.05, 0.1) is 6.26 Å². The van der Waals surface area contributed by atoms with Crippen molar-refractivity contribution in [3.05, 3.63) is 53.5 Å². The average molecular weight is 288 g/mol. The van der Waals surface area contributed by atoms with Gasteiger partial charge >= 0.3 is 5.91 Å². The quantitative estimate of drug-likeness (QED) is 0.367. The third-order valence-corrected chi connectivity index (χ3v) is 2.98. The Kier molecular flexibility index (Phi) is 4.73. The van der Waals surface area contributed by atoms with E-state index >= 15 is 0 Å². The molecule has 110 valence electrons. The zero-order chi connectivity index (χ0) is 15.2. The van der Waals surface area contributed by atoms with Gasteiger partial charge in [-0.25, -0.2) is 5.84 Å². The highest BCUT2D eigenvalue weighted by atomic mass is 16.5. The zero-order valence-electron chi connectivity index (χ0n) is 11.6. The number of nitrogens with two attached hydrogens (primary N) is 1. The standard InChI is InChI=1S/C15H16N2O4/c1-2-13(18)10-3-5-12(6-4-10)21-9-11-7-8-20-14(11)15(19)17-16/h3-8H,2,9,16H2,1H3,(H,17,19). The number of ketones is 1. The van der Waals surface area contributed by atoms with E-state index in [0.717, 1.165) is 0 Å². The lowest BCUT2D eigenvalue weighted by molar-refractivity contribution is 0.0921. The average Bonchev–Trinajstić information content (AvgIpc) is 3.00. The molecule has 0 aliphatic heterocycles. The summed E-state index contributed by atoms with van der Waals surface area (Å²) >= 11 is 0. The Morgan fingerprint density at radius 1 is 1.24 bits per heavy atom. The van der Waals surface area contributed by atoms with Crippen LogP contribution in [0.25, 0.3) is 0 Å². The maximum absolute atomic E-state index is 11.5. The molecule has 1 amide bonds. The minimum Gasteiger partial charge on any atom is -0.489 e. The molecule has 0 bridgehead atoms. The summed E-state index contributed by atoms with van der Waals surface area (Å²) < 4.78 is 10.6. The first-order valence-electron chi connectivity index (χ1n) is 6.49. The van der Waals surface area contributed by atoms with Gasteiger partial charge in [0.1, 0.15) is 12.4 Å². The number of nitrogen functional groups attached to an aromatic ring is 1. The second-order valence-corrected chi connectivity index (χ2v) is 4.34. The van der Waals surface area contributed by atoms with Gasteiger partial charge in [0.15, 0.2) is 11.5 Å². The molecule has 2 aromatic rings. The van der Waals surface area contributed by atoms with Gasteiger partial charge in [0, 0.05) is 17.5 Å². The zero-order valence-corrected chi connectivity index (χ0v) is 11.6. The molecular weight excluding hydrogens is 272 g/mol. The number of amides is 1. The maximum Gasteiger partial charge on any atom is 0.301 e. The van der Waals surface area contributed by atoms with Crippen LogP contribution in [0.3, 0.4) is 0 Å². The third-order valence-electron chi connectivity index (χ3n) is 2.98. The van der Waals surface area contributed by atoms with E-state index in [4.69, 9.17) is 15.0 Å². The minimum atomic E-state index is -0.512. The highest BCUT2D eigenvalue weighted by Gasteiger charge is 2.14. The number of benzene rings is 1. The molecule has 0 saturated carbocycles. The lowest BCUT2D eigenvalue weighted by Gasteiger charge is -2.06. The molecule has 21 heavy (non-hydrogen) atoms. The van der Waals surface area contributed by atoms with Crippen LogP contribution in [0, 0.1) is 0 Å². The fourth-order valence-electron chi connectivity index (χ4n) is 1.82. The van der Waals surface area contributed by atoms with Crippen LogP contribution in [0.5, 0.6) is 5.75 Å². The minimum absolute atomic E-state index is 0.0817. The second-order valence-electron chi connectivity index (χ2n) is 4.34. The van der Waals surface area contributed by atoms with Gasteiger partial charge < -0.3 is 9.15 Å². The summed E-state index contributed by atoms with van der Waals surface area (Å²) in [5.74, 6) is 5.36. The van der Waals surface area contributed by atoms with Gasteiger partial charge in [-0.15, -0.1) is 0 Å². The molecule has 6 heteroatoms. The normalized spacial score (nSPS) is 10.2. The summed E-state index contributed by atoms with van der Waals surface area (Å²) in [7, 11) is 0. The molecule has 2 rings (SSSR count). The van der Waals surface area contributed by atoms with Crippen molar-refractivity contribution in [1.29, 1.82) is 0 Å². The van der Waals surface area contributed by atoms with Crippen molar-refractivity contribution in [3.63, 3.8) is 0 Å². The van der Waals surface area contributed by atoms with Crippen LogP contribution >= 0.6 is 0 Å². The Balaban J connectivity index is 2.02. The van der Waals surface area contributed by atoms with Gasteiger partial charge in [-0.1, -0.05) is 6.92 Å². The molecule has 0 spiro atoms. The van der Waals surface area contributed by atoms with Crippen LogP contribution in [0.2, 0.25) is 0 Å². The Labute approximate surface area is 121 Å². The molecule has 0 fully saturated rings. The number of carbonyl (C=O) groups is 2. The lowest BCUT2D eigenvalue weighted by atomic mass is 10.1. The SMILES string of the molecule is CCC(=O)c1ccc(OCc2ccoc2C(=O)NN)cc1. The molecule has 1 aromatic carbocycles. The lowest BCUT2D eigenvalue weighted by Crippen LogP contribution is -2.30. The van der Waals surface area contributed by atoms with E-state index in [0.29, 0.717) is 23.3 Å². The number of nitrogens with one attached hydrogen (secondary N) is 1. The fourth-order valence-corrected chi connectivity index (χ4v) is 1.82. The molecular formula is C15H16N2O4. The van der Waals surface area contributed by atoms with Crippen LogP contribution in [0.1, 0.15) is 39.8 Å². The Bertz CT molecular complexity index is 631. The van der Waals surface area contributed by atoms with Gasteiger partial charge in [-0.05, 0) is 30.3 Å². The fraction of sp³-hybridized carbons (Fsp3) is 0.200. The van der Waals surface area contributed by atoms with E-state index in [1.165, 1.54) is 6.26 Å². The number of rotatable bonds is 6. The first-order chi connectivity index (χ1) is 10.2. The van der Waals surface area contributed by atoms with Gasteiger partial charge in [-0.2, -0.15) is 0 Å². The molecule has 0 aliphatic rings. The van der Waals surface area contributed by atoms with E-state index < -0.39 is 5.91 Å². The summed E-state index contributed by atoms with van der Waals surface area (Å²) in [6, 6.07) is 8.49. The Morgan fingerprint density at radius 3 is 2.57 bits per heavy atom. The topological polar surface area (TPSA) is 94.6 Å². The summed E-state index contributed by atoms with van der Waals surface area (Å²) in [5, 5.41) is 0. The van der Waals surface area contributed by atoms with E-state index in [9.17, 15) is 9.59 Å². The predicted molar refractivity (Wildman–Crippen MR) is 75.8 cm³/mol. The molecule has 0 saturated heterocycles. The van der Waals surface area contributed by atoms with Gasteiger partial charge in [0.2, 0.25) is 0 Å². The van der Waals surface area contributed by atoms with Gasteiger partial charge in [-0.3, -0.25) is 15.0 Å². The molecule has 0 radical (unpaired) electrons. The Hall–Kier alpha value is -2.60. The van der Waals surface area contributed by atoms with Crippen molar-refractivity contribution in [1.82, 2.24) is 5.43 Å². The van der Waals surface area contributed by atoms with Crippen LogP contribution in [-0.4, -0.2) is 11.7 Å². The van der Waals surface area contributed by atoms with Crippen LogP contribution in [0.15, 0.2) is 41.0 Å². The molecule has 1 aromatic heterocycles. The molecule has 0 atom stereocenters. The number of hydrogen-bond donors (Lipinski definition) is 2. The largest absolute Gasteiger partial charge is 0.489 e. The maximum atomic E-state index is 11.5. The summed E-state index contributed by atoms with van der Waals surface area (Å²) in [5.41, 5.74) is 3.25. The Morgan fingerprint density at radius 2 is 1.95 bits per heavy atom. The van der Waals surface area contributed by atoms with Crippen LogP contribution in [0.4, 0.5) is 0 Å². The number of carbonyl (C=O) groups excluding carboxylic acids is 2. The summed E-state index contributed by atoms with van der Waals surface area (Å²) in [4.78, 5) is 22.9. The van der Waals surface area contributed by atoms with E-state index in [1.807, 2.05) is 12.3 Å². The number of furan rings is 1. The van der Waals surface area contributed by atoms with Crippen molar-refractivity contribution in [3.8, 4) is 5.75 Å². The van der Waals surface area contributed by atoms with Crippen molar-refractivity contribution in [2.75, 3.05) is 0 Å². The molecule has 6 nitrogen and oxygen atoms in total. The number of ether oxygens (including phenoxy) is 1. The van der Waals surface area contributed by atoms with E-state index in [-0.39, 0.29) is 18.2 Å². The van der Waals surface area contributed by atoms with Crippen molar-refractivity contribution in [2.24, 2.45) is 5.84 Å². The highest BCUT2D eigenvalue weighted by Crippen LogP contribution is 2.17. The molecule has 1 heterocycles. The first-order valence-corrected chi connectivity index (χ1v) is 6.49. The summed E-state index contributed by atoms with van der Waals surface area (Å²) in [6.45, 7) is 1.98. The van der Waals surface area contributed by atoms with E-state index in [2.05, 4.69) is 0 Å². The van der Waals surface area contributed by atoms with Crippen LogP contribution < -0.4 is 16.0 Å². The predicted octanol–water partition coefficient (Wildman–Crippen LogP) is 2.05. The second kappa shape index (κ2) is 6.71. The van der Waals surface area contributed by atoms with Crippen molar-refractivity contribution in [2.45, 2.75) is 20.0 Å². The van der Waals surface area contributed by atoms with Crippen molar-refractivity contribution < 1.29 is 18.7 Å². The molecule has 0 aliphatic carbocycles. The summed E-state index contributed by atoms with van der Waals surface area (Å²) in [6.07, 6.45) is 1.86. The van der Waals surface area contributed by atoms with Crippen LogP contribution in [-0.2, 0) is 6.61 Å². The monoisotopic (exact) mass is 288 g/mol. The molecule has 0 unspecified atom stereocenters.